The maximum atomic E-state index is 9.18. The number of aliphatic hydroxyl groups is 1. The van der Waals surface area contributed by atoms with Gasteiger partial charge in [0.2, 0.25) is 0 Å². The molecule has 1 radical (unpaired) electrons. The lowest BCUT2D eigenvalue weighted by atomic mass is 10.0. The van der Waals surface area contributed by atoms with Gasteiger partial charge in [0.25, 0.3) is 0 Å². The Morgan fingerprint density at radius 3 is 2.67 bits per heavy atom. The summed E-state index contributed by atoms with van der Waals surface area (Å²) in [7, 11) is 0. The molecule has 0 aromatic heterocycles. The van der Waals surface area contributed by atoms with E-state index in [0.29, 0.717) is 0 Å². The zero-order valence-electron chi connectivity index (χ0n) is 4.73. The molecule has 1 aliphatic heterocycles. The molecule has 2 bridgehead atoms. The molecule has 0 unspecified atom stereocenters. The number of aliphatic hydroxyl groups excluding tert-OH is 1. The van der Waals surface area contributed by atoms with E-state index in [9.17, 15) is 5.11 Å². The van der Waals surface area contributed by atoms with Gasteiger partial charge in [-0.2, -0.15) is 0 Å². The zero-order chi connectivity index (χ0) is 6.27. The lowest BCUT2D eigenvalue weighted by Gasteiger charge is -2.13. The van der Waals surface area contributed by atoms with Gasteiger partial charge in [-0.1, -0.05) is 12.2 Å². The van der Waals surface area contributed by atoms with Crippen LogP contribution >= 0.6 is 0 Å². The molecule has 2 rings (SSSR count). The van der Waals surface area contributed by atoms with Gasteiger partial charge in [-0.05, 0) is 0 Å². The first-order valence-electron chi connectivity index (χ1n) is 2.90. The molecule has 2 aliphatic rings. The maximum absolute atomic E-state index is 9.18. The molecule has 1 saturated heterocycles. The highest BCUT2D eigenvalue weighted by molar-refractivity contribution is 5.14. The standard InChI is InChI=1S/C6H7O3/c7-6-4-2-1-3-5(6)9-8-4/h1-7H/t4-,5+,6-. The average Bonchev–Trinajstić information content (AvgIpc) is 2.19. The first kappa shape index (κ1) is 5.41. The summed E-state index contributed by atoms with van der Waals surface area (Å²) >= 11 is 0. The summed E-state index contributed by atoms with van der Waals surface area (Å²) in [4.78, 5) is 9.44. The smallest absolute Gasteiger partial charge is 0.140 e. The van der Waals surface area contributed by atoms with Crippen molar-refractivity contribution < 1.29 is 14.9 Å². The Kier molecular flexibility index (Phi) is 1.08. The van der Waals surface area contributed by atoms with Gasteiger partial charge in [0.15, 0.2) is 0 Å². The highest BCUT2D eigenvalue weighted by Gasteiger charge is 2.38. The van der Waals surface area contributed by atoms with Crippen molar-refractivity contribution in [1.29, 1.82) is 0 Å². The summed E-state index contributed by atoms with van der Waals surface area (Å²) < 4.78 is 0. The molecule has 1 heterocycles. The van der Waals surface area contributed by atoms with Gasteiger partial charge in [-0.25, -0.2) is 9.78 Å². The van der Waals surface area contributed by atoms with Gasteiger partial charge in [-0.15, -0.1) is 0 Å². The van der Waals surface area contributed by atoms with Crippen molar-refractivity contribution in [1.82, 2.24) is 0 Å². The lowest BCUT2D eigenvalue weighted by molar-refractivity contribution is -0.280. The molecular weight excluding hydrogens is 120 g/mol. The largest absolute Gasteiger partial charge is 0.387 e. The topological polar surface area (TPSA) is 38.7 Å². The van der Waals surface area contributed by atoms with Crippen LogP contribution in [0.15, 0.2) is 12.2 Å². The second kappa shape index (κ2) is 1.80. The minimum atomic E-state index is -0.505. The molecular formula is C6H7O3. The fourth-order valence-electron chi connectivity index (χ4n) is 1.00. The van der Waals surface area contributed by atoms with Gasteiger partial charge < -0.3 is 5.11 Å². The second-order valence-electron chi connectivity index (χ2n) is 2.19. The van der Waals surface area contributed by atoms with Crippen LogP contribution in [0.4, 0.5) is 0 Å². The third-order valence-corrected chi connectivity index (χ3v) is 1.55. The van der Waals surface area contributed by atoms with Crippen LogP contribution in [0.2, 0.25) is 0 Å². The number of hydrogen-bond donors (Lipinski definition) is 1. The summed E-state index contributed by atoms with van der Waals surface area (Å²) in [5.41, 5.74) is 0. The monoisotopic (exact) mass is 127 g/mol. The Hall–Kier alpha value is -0.380. The third kappa shape index (κ3) is 0.694. The fourth-order valence-corrected chi connectivity index (χ4v) is 1.00. The SMILES string of the molecule is O[C@H]1[C@@H]2C=C[CH][C@H]1OO2. The average molecular weight is 127 g/mol. The molecule has 0 aromatic rings. The van der Waals surface area contributed by atoms with Crippen LogP contribution in [0.5, 0.6) is 0 Å². The molecule has 9 heavy (non-hydrogen) atoms. The van der Waals surface area contributed by atoms with Crippen LogP contribution in [0, 0.1) is 6.42 Å². The van der Waals surface area contributed by atoms with Crippen molar-refractivity contribution in [3.63, 3.8) is 0 Å². The molecule has 0 aromatic carbocycles. The molecule has 3 heteroatoms. The van der Waals surface area contributed by atoms with E-state index >= 15 is 0 Å². The highest BCUT2D eigenvalue weighted by atomic mass is 17.2. The molecule has 1 N–H and O–H groups in total. The van der Waals surface area contributed by atoms with Crippen molar-refractivity contribution in [2.75, 3.05) is 0 Å². The van der Waals surface area contributed by atoms with E-state index in [1.54, 1.807) is 12.5 Å². The molecule has 0 amide bonds. The van der Waals surface area contributed by atoms with Crippen molar-refractivity contribution in [2.24, 2.45) is 0 Å². The maximum Gasteiger partial charge on any atom is 0.140 e. The normalized spacial score (nSPS) is 47.9. The van der Waals surface area contributed by atoms with E-state index in [2.05, 4.69) is 0 Å². The summed E-state index contributed by atoms with van der Waals surface area (Å²) in [6.07, 6.45) is 4.38. The van der Waals surface area contributed by atoms with Crippen molar-refractivity contribution in [3.05, 3.63) is 18.6 Å². The Labute approximate surface area is 52.8 Å². The summed E-state index contributed by atoms with van der Waals surface area (Å²) in [6, 6.07) is 0. The van der Waals surface area contributed by atoms with Crippen LogP contribution in [-0.2, 0) is 9.78 Å². The quantitative estimate of drug-likeness (QED) is 0.459. The zero-order valence-corrected chi connectivity index (χ0v) is 4.73. The molecule has 1 fully saturated rings. The van der Waals surface area contributed by atoms with E-state index in [4.69, 9.17) is 9.78 Å². The van der Waals surface area contributed by atoms with E-state index < -0.39 is 6.10 Å². The van der Waals surface area contributed by atoms with Crippen molar-refractivity contribution in [3.8, 4) is 0 Å². The van der Waals surface area contributed by atoms with Crippen LogP contribution in [0.3, 0.4) is 0 Å². The van der Waals surface area contributed by atoms with Crippen LogP contribution in [0.1, 0.15) is 0 Å². The number of hydrogen-bond acceptors (Lipinski definition) is 3. The van der Waals surface area contributed by atoms with Crippen molar-refractivity contribution >= 4 is 0 Å². The van der Waals surface area contributed by atoms with Crippen LogP contribution in [-0.4, -0.2) is 23.4 Å². The van der Waals surface area contributed by atoms with Crippen molar-refractivity contribution in [2.45, 2.75) is 18.3 Å². The second-order valence-corrected chi connectivity index (χ2v) is 2.19. The minimum Gasteiger partial charge on any atom is -0.387 e. The predicted molar refractivity (Wildman–Crippen MR) is 29.2 cm³/mol. The van der Waals surface area contributed by atoms with Gasteiger partial charge >= 0.3 is 0 Å². The lowest BCUT2D eigenvalue weighted by Crippen LogP contribution is -2.31. The minimum absolute atomic E-state index is 0.250. The van der Waals surface area contributed by atoms with Gasteiger partial charge in [0, 0.05) is 6.42 Å². The molecule has 0 spiro atoms. The molecule has 3 atom stereocenters. The van der Waals surface area contributed by atoms with Gasteiger partial charge in [0.05, 0.1) is 0 Å². The van der Waals surface area contributed by atoms with Crippen LogP contribution in [0.25, 0.3) is 0 Å². The van der Waals surface area contributed by atoms with E-state index in [1.165, 1.54) is 0 Å². The summed E-state index contributed by atoms with van der Waals surface area (Å²) in [5, 5.41) is 9.18. The first-order chi connectivity index (χ1) is 4.38. The first-order valence-corrected chi connectivity index (χ1v) is 2.90. The summed E-state index contributed by atoms with van der Waals surface area (Å²) in [6.45, 7) is 0. The van der Waals surface area contributed by atoms with E-state index in [1.807, 2.05) is 6.08 Å². The molecule has 0 saturated carbocycles. The third-order valence-electron chi connectivity index (χ3n) is 1.55. The Balaban J connectivity index is 2.22. The number of fused-ring (bicyclic) bond motifs is 2. The van der Waals surface area contributed by atoms with E-state index in [0.717, 1.165) is 0 Å². The predicted octanol–water partition coefficient (Wildman–Crippen LogP) is -0.180. The fraction of sp³-hybridized carbons (Fsp3) is 0.500. The Bertz CT molecular complexity index is 143. The number of rotatable bonds is 0. The summed E-state index contributed by atoms with van der Waals surface area (Å²) in [5.74, 6) is 0. The van der Waals surface area contributed by atoms with Crippen LogP contribution < -0.4 is 0 Å². The Morgan fingerprint density at radius 2 is 2.00 bits per heavy atom. The highest BCUT2D eigenvalue weighted by Crippen LogP contribution is 2.24. The van der Waals surface area contributed by atoms with Gasteiger partial charge in [0.1, 0.15) is 18.3 Å². The molecule has 1 aliphatic carbocycles. The van der Waals surface area contributed by atoms with Gasteiger partial charge in [-0.3, -0.25) is 0 Å². The van der Waals surface area contributed by atoms with E-state index in [-0.39, 0.29) is 12.2 Å². The Morgan fingerprint density at radius 1 is 1.22 bits per heavy atom. The molecule has 3 nitrogen and oxygen atoms in total. The molecule has 49 valence electrons.